The largest absolute Gasteiger partial charge is 0.477 e. The van der Waals surface area contributed by atoms with E-state index in [2.05, 4.69) is 24.5 Å². The van der Waals surface area contributed by atoms with E-state index in [-0.39, 0.29) is 12.3 Å². The van der Waals surface area contributed by atoms with Crippen molar-refractivity contribution in [3.8, 4) is 0 Å². The van der Waals surface area contributed by atoms with E-state index in [9.17, 15) is 75.7 Å². The number of carbonyl (C=O) groups excluding carboxylic acids is 2. The average Bonchev–Trinajstić information content (AvgIpc) is 0.754. The molecule has 3 heterocycles. The first-order valence-corrected chi connectivity index (χ1v) is 41.6. The molecule has 103 heavy (non-hydrogen) atoms. The number of ether oxygens (including phenoxy) is 6. The number of aliphatic hydroxyl groups is 11. The van der Waals surface area contributed by atoms with Gasteiger partial charge in [-0.3, -0.25) is 9.59 Å². The van der Waals surface area contributed by atoms with Crippen LogP contribution in [0.25, 0.3) is 0 Å². The van der Waals surface area contributed by atoms with Gasteiger partial charge in [0.15, 0.2) is 12.6 Å². The van der Waals surface area contributed by atoms with Gasteiger partial charge in [0.05, 0.1) is 50.7 Å². The fourth-order valence-corrected chi connectivity index (χ4v) is 14.7. The van der Waals surface area contributed by atoms with Crippen LogP contribution < -0.4 is 10.6 Å². The summed E-state index contributed by atoms with van der Waals surface area (Å²) >= 11 is 0. The van der Waals surface area contributed by atoms with Crippen molar-refractivity contribution in [3.05, 3.63) is 12.2 Å². The Morgan fingerprint density at radius 2 is 0.903 bits per heavy atom. The van der Waals surface area contributed by atoms with Crippen LogP contribution in [0.5, 0.6) is 0 Å². The molecule has 14 N–H and O–H groups in total. The number of rotatable bonds is 66. The summed E-state index contributed by atoms with van der Waals surface area (Å²) in [7, 11) is 0. The molecule has 0 spiro atoms. The molecule has 0 saturated carbocycles. The fraction of sp³-hybridized carbons (Fsp3) is 0.938. The lowest BCUT2D eigenvalue weighted by molar-refractivity contribution is -0.386. The lowest BCUT2D eigenvalue weighted by Crippen LogP contribution is -2.70. The second-order valence-electron chi connectivity index (χ2n) is 30.4. The highest BCUT2D eigenvalue weighted by molar-refractivity contribution is 5.77. The number of amides is 2. The zero-order chi connectivity index (χ0) is 75.3. The van der Waals surface area contributed by atoms with E-state index >= 15 is 0 Å². The molecule has 3 aliphatic rings. The fourth-order valence-electron chi connectivity index (χ4n) is 14.7. The van der Waals surface area contributed by atoms with E-state index < -0.39 is 155 Å². The second kappa shape index (κ2) is 59.4. The number of aliphatic carboxylic acids is 1. The third kappa shape index (κ3) is 39.6. The van der Waals surface area contributed by atoms with Gasteiger partial charge in [-0.25, -0.2) is 4.79 Å². The molecule has 2 amide bonds. The summed E-state index contributed by atoms with van der Waals surface area (Å²) in [5.41, 5.74) is 0. The molecule has 18 unspecified atom stereocenters. The monoisotopic (exact) mass is 1480 g/mol. The third-order valence-electron chi connectivity index (χ3n) is 21.2. The molecule has 0 aromatic heterocycles. The minimum absolute atomic E-state index is 0.206. The Balaban J connectivity index is 1.50. The van der Waals surface area contributed by atoms with E-state index in [1.54, 1.807) is 6.08 Å². The number of carboxylic acid groups (broad SMARTS) is 1. The van der Waals surface area contributed by atoms with Crippen molar-refractivity contribution >= 4 is 17.8 Å². The van der Waals surface area contributed by atoms with E-state index in [4.69, 9.17) is 28.4 Å². The number of carbonyl (C=O) groups is 3. The number of nitrogens with one attached hydrogen (secondary N) is 2. The normalized spacial score (nSPS) is 26.5. The maximum Gasteiger partial charge on any atom is 0.364 e. The van der Waals surface area contributed by atoms with Crippen LogP contribution in [0.2, 0.25) is 0 Å². The van der Waals surface area contributed by atoms with Gasteiger partial charge in [-0.05, 0) is 19.3 Å². The van der Waals surface area contributed by atoms with Gasteiger partial charge in [0, 0.05) is 19.8 Å². The summed E-state index contributed by atoms with van der Waals surface area (Å²) in [5, 5.41) is 136. The molecule has 0 radical (unpaired) electrons. The van der Waals surface area contributed by atoms with Gasteiger partial charge in [0.1, 0.15) is 67.1 Å². The Bertz CT molecular complexity index is 2100. The zero-order valence-corrected chi connectivity index (χ0v) is 64.2. The van der Waals surface area contributed by atoms with E-state index in [0.717, 1.165) is 51.9 Å². The summed E-state index contributed by atoms with van der Waals surface area (Å²) in [5.74, 6) is -6.13. The smallest absolute Gasteiger partial charge is 0.364 e. The molecule has 606 valence electrons. The maximum absolute atomic E-state index is 13.6. The van der Waals surface area contributed by atoms with Crippen LogP contribution in [0.15, 0.2) is 12.2 Å². The SMILES string of the molecule is CCCCCCCCCCCCCCCCCCCCC/C=C/C(O)C(COC1OC(CO)C(OC2OC(CO)C(O)C(OC3(C(=O)O)CC(O)C(NC(C)=O)C(C(O)C(O)CO)O3)C2O)C(O)C1O)NC(=O)CCCCCCCCCCCCCCCCCCCCCCCCCCCCCC. The number of allylic oxidation sites excluding steroid dienone is 1. The maximum atomic E-state index is 13.6. The quantitative estimate of drug-likeness (QED) is 0.0199. The van der Waals surface area contributed by atoms with Crippen LogP contribution in [-0.4, -0.2) is 215 Å². The van der Waals surface area contributed by atoms with Crippen molar-refractivity contribution < 1.29 is 104 Å². The molecule has 3 rings (SSSR count). The molecule has 18 atom stereocenters. The number of aliphatic hydroxyl groups excluding tert-OH is 11. The lowest BCUT2D eigenvalue weighted by Gasteiger charge is -2.50. The summed E-state index contributed by atoms with van der Waals surface area (Å²) in [6, 6.07) is -2.62. The van der Waals surface area contributed by atoms with Crippen molar-refractivity contribution in [1.82, 2.24) is 10.6 Å². The van der Waals surface area contributed by atoms with Crippen LogP contribution in [0.1, 0.15) is 342 Å². The summed E-state index contributed by atoms with van der Waals surface area (Å²) in [4.78, 5) is 38.7. The standard InChI is InChI=1S/C80H150N2O21/c1-4-6-8-10-12-14-16-18-20-22-24-26-27-28-29-30-31-32-34-36-38-40-42-44-46-48-50-52-54-67(90)82-61(62(87)53-51-49-47-45-43-41-39-37-35-33-25-23-21-19-17-15-13-11-9-7-5-2)59-98-77-72(94)71(93)74(66(58-85)100-77)101-78-73(95)76(70(92)65(57-84)99-78)103-80(79(96)97)55-63(88)68(81-60(3)86)75(102-80)69(91)64(89)56-83/h51,53,61-66,68-78,83-85,87-89,91-95H,4-50,52,54-59H2,1-3H3,(H,81,86)(H,82,90)(H,96,97)/b53-51+. The molecule has 23 heteroatoms. The van der Waals surface area contributed by atoms with E-state index in [0.29, 0.717) is 12.8 Å². The van der Waals surface area contributed by atoms with Crippen molar-refractivity contribution in [2.24, 2.45) is 0 Å². The number of hydrogen-bond donors (Lipinski definition) is 14. The molecule has 0 aromatic carbocycles. The highest BCUT2D eigenvalue weighted by Crippen LogP contribution is 2.39. The molecule has 23 nitrogen and oxygen atoms in total. The lowest BCUT2D eigenvalue weighted by atomic mass is 9.88. The Morgan fingerprint density at radius 3 is 1.29 bits per heavy atom. The molecule has 3 saturated heterocycles. The highest BCUT2D eigenvalue weighted by Gasteiger charge is 2.60. The predicted octanol–water partition coefficient (Wildman–Crippen LogP) is 11.4. The molecule has 0 aromatic rings. The van der Waals surface area contributed by atoms with Gasteiger partial charge < -0.3 is 100 Å². The van der Waals surface area contributed by atoms with Crippen LogP contribution in [-0.2, 0) is 42.8 Å². The minimum Gasteiger partial charge on any atom is -0.477 e. The average molecular weight is 1480 g/mol. The first kappa shape index (κ1) is 94.7. The minimum atomic E-state index is -3.08. The molecule has 0 bridgehead atoms. The molecule has 0 aliphatic carbocycles. The first-order valence-electron chi connectivity index (χ1n) is 41.6. The Hall–Kier alpha value is -2.53. The van der Waals surface area contributed by atoms with E-state index in [1.807, 2.05) is 6.08 Å². The van der Waals surface area contributed by atoms with Crippen molar-refractivity contribution in [3.63, 3.8) is 0 Å². The molecular weight excluding hydrogens is 1320 g/mol. The van der Waals surface area contributed by atoms with E-state index in [1.165, 1.54) is 250 Å². The van der Waals surface area contributed by atoms with Crippen LogP contribution in [0.4, 0.5) is 0 Å². The molecular formula is C80H150N2O21. The van der Waals surface area contributed by atoms with Gasteiger partial charge in [-0.2, -0.15) is 0 Å². The van der Waals surface area contributed by atoms with Crippen molar-refractivity contribution in [2.75, 3.05) is 26.4 Å². The van der Waals surface area contributed by atoms with Crippen molar-refractivity contribution in [2.45, 2.75) is 452 Å². The van der Waals surface area contributed by atoms with Gasteiger partial charge >= 0.3 is 5.97 Å². The number of carboxylic acids is 1. The van der Waals surface area contributed by atoms with Crippen molar-refractivity contribution in [1.29, 1.82) is 0 Å². The Kier molecular flexibility index (Phi) is 54.6. The topological polar surface area (TPSA) is 373 Å². The number of unbranched alkanes of at least 4 members (excludes halogenated alkanes) is 46. The van der Waals surface area contributed by atoms with Gasteiger partial charge in [-0.1, -0.05) is 315 Å². The Labute approximate surface area is 620 Å². The first-order chi connectivity index (χ1) is 49.9. The number of hydrogen-bond acceptors (Lipinski definition) is 20. The van der Waals surface area contributed by atoms with Gasteiger partial charge in [0.25, 0.3) is 5.79 Å². The summed E-state index contributed by atoms with van der Waals surface area (Å²) in [6.07, 6.45) is 35.4. The summed E-state index contributed by atoms with van der Waals surface area (Å²) < 4.78 is 34.9. The van der Waals surface area contributed by atoms with Crippen LogP contribution in [0.3, 0.4) is 0 Å². The van der Waals surface area contributed by atoms with Crippen LogP contribution >= 0.6 is 0 Å². The highest BCUT2D eigenvalue weighted by atomic mass is 16.8. The third-order valence-corrected chi connectivity index (χ3v) is 21.2. The van der Waals surface area contributed by atoms with Gasteiger partial charge in [0.2, 0.25) is 11.8 Å². The molecule has 3 aliphatic heterocycles. The Morgan fingerprint density at radius 1 is 0.505 bits per heavy atom. The second-order valence-corrected chi connectivity index (χ2v) is 30.4. The zero-order valence-electron chi connectivity index (χ0n) is 64.2. The van der Waals surface area contributed by atoms with Gasteiger partial charge in [-0.15, -0.1) is 0 Å². The summed E-state index contributed by atoms with van der Waals surface area (Å²) in [6.45, 7) is 2.20. The van der Waals surface area contributed by atoms with Crippen LogP contribution in [0, 0.1) is 0 Å². The predicted molar refractivity (Wildman–Crippen MR) is 398 cm³/mol. The molecule has 3 fully saturated rings.